The predicted molar refractivity (Wildman–Crippen MR) is 111 cm³/mol. The van der Waals surface area contributed by atoms with Crippen molar-refractivity contribution in [3.05, 3.63) is 69.3 Å². The zero-order chi connectivity index (χ0) is 19.9. The molecule has 0 unspecified atom stereocenters. The van der Waals surface area contributed by atoms with E-state index in [0.717, 1.165) is 35.4 Å². The smallest absolute Gasteiger partial charge is 0.269 e. The molecular weight excluding hydrogens is 352 g/mol. The number of nitro benzene ring substituents is 1. The van der Waals surface area contributed by atoms with Crippen LogP contribution in [-0.4, -0.2) is 23.3 Å². The highest BCUT2D eigenvalue weighted by molar-refractivity contribution is 6.15. The molecule has 1 spiro atoms. The molecule has 1 fully saturated rings. The molecule has 2 aromatic carbocycles. The van der Waals surface area contributed by atoms with Gasteiger partial charge in [0.15, 0.2) is 0 Å². The second-order valence-corrected chi connectivity index (χ2v) is 8.39. The van der Waals surface area contributed by atoms with Crippen molar-refractivity contribution in [2.24, 2.45) is 4.99 Å². The number of hydrogen-bond acceptors (Lipinski definition) is 4. The van der Waals surface area contributed by atoms with E-state index in [4.69, 9.17) is 9.73 Å². The summed E-state index contributed by atoms with van der Waals surface area (Å²) < 4.78 is 5.52. The van der Waals surface area contributed by atoms with Gasteiger partial charge in [0, 0.05) is 28.7 Å². The first-order chi connectivity index (χ1) is 13.4. The van der Waals surface area contributed by atoms with Crippen LogP contribution >= 0.6 is 0 Å². The molecule has 0 atom stereocenters. The number of rotatable bonds is 3. The van der Waals surface area contributed by atoms with E-state index in [1.54, 1.807) is 19.2 Å². The fourth-order valence-electron chi connectivity index (χ4n) is 4.87. The van der Waals surface area contributed by atoms with Gasteiger partial charge in [-0.25, -0.2) is 0 Å². The van der Waals surface area contributed by atoms with E-state index in [9.17, 15) is 10.1 Å². The number of non-ortho nitro benzene ring substituents is 1. The van der Waals surface area contributed by atoms with Crippen molar-refractivity contribution >= 4 is 11.4 Å². The van der Waals surface area contributed by atoms with E-state index < -0.39 is 0 Å². The van der Waals surface area contributed by atoms with Crippen molar-refractivity contribution in [2.45, 2.75) is 56.9 Å². The SMILES string of the molecule is COc1ccc2c(c1)C(C)(C)C1(CCCCC1)N=C2c1ccc([N+](=O)[O-])cc1. The molecule has 146 valence electrons. The number of nitrogens with zero attached hydrogens (tertiary/aromatic N) is 2. The van der Waals surface area contributed by atoms with Crippen LogP contribution in [-0.2, 0) is 5.41 Å². The zero-order valence-electron chi connectivity index (χ0n) is 16.7. The van der Waals surface area contributed by atoms with Gasteiger partial charge in [-0.05, 0) is 48.7 Å². The molecule has 1 aliphatic heterocycles. The molecule has 1 saturated carbocycles. The lowest BCUT2D eigenvalue weighted by Crippen LogP contribution is -2.51. The molecule has 0 N–H and O–H groups in total. The van der Waals surface area contributed by atoms with Gasteiger partial charge in [-0.2, -0.15) is 0 Å². The third kappa shape index (κ3) is 2.81. The van der Waals surface area contributed by atoms with Crippen molar-refractivity contribution in [1.82, 2.24) is 0 Å². The topological polar surface area (TPSA) is 64.7 Å². The first kappa shape index (κ1) is 18.7. The second kappa shape index (κ2) is 6.73. The van der Waals surface area contributed by atoms with Crippen LogP contribution in [0.3, 0.4) is 0 Å². The summed E-state index contributed by atoms with van der Waals surface area (Å²) in [4.78, 5) is 16.1. The molecular formula is C23H26N2O3. The quantitative estimate of drug-likeness (QED) is 0.528. The van der Waals surface area contributed by atoms with Crippen molar-refractivity contribution < 1.29 is 9.66 Å². The summed E-state index contributed by atoms with van der Waals surface area (Å²) in [5.41, 5.74) is 4.05. The highest BCUT2D eigenvalue weighted by Gasteiger charge is 2.50. The van der Waals surface area contributed by atoms with Gasteiger partial charge in [-0.15, -0.1) is 0 Å². The minimum Gasteiger partial charge on any atom is -0.497 e. The summed E-state index contributed by atoms with van der Waals surface area (Å²) in [6.07, 6.45) is 5.74. The Morgan fingerprint density at radius 1 is 1.04 bits per heavy atom. The standard InChI is InChI=1S/C23H26N2O3/c1-22(2)20-15-18(28-3)11-12-19(20)21(24-23(22)13-5-4-6-14-23)16-7-9-17(10-8-16)25(26)27/h7-12,15H,4-6,13-14H2,1-3H3. The molecule has 4 rings (SSSR count). The molecule has 1 aliphatic carbocycles. The van der Waals surface area contributed by atoms with Gasteiger partial charge in [0.1, 0.15) is 5.75 Å². The average molecular weight is 378 g/mol. The number of fused-ring (bicyclic) bond motifs is 1. The van der Waals surface area contributed by atoms with Crippen LogP contribution < -0.4 is 4.74 Å². The molecule has 2 aromatic rings. The number of nitro groups is 1. The van der Waals surface area contributed by atoms with Crippen LogP contribution in [0.4, 0.5) is 5.69 Å². The maximum atomic E-state index is 11.0. The number of hydrogen-bond donors (Lipinski definition) is 0. The second-order valence-electron chi connectivity index (χ2n) is 8.39. The summed E-state index contributed by atoms with van der Waals surface area (Å²) in [6, 6.07) is 13.0. The summed E-state index contributed by atoms with van der Waals surface area (Å²) in [6.45, 7) is 4.60. The van der Waals surface area contributed by atoms with E-state index in [1.807, 2.05) is 18.2 Å². The largest absolute Gasteiger partial charge is 0.497 e. The molecule has 5 nitrogen and oxygen atoms in total. The zero-order valence-corrected chi connectivity index (χ0v) is 16.7. The summed E-state index contributed by atoms with van der Waals surface area (Å²) in [5.74, 6) is 0.850. The minimum atomic E-state index is -0.364. The highest BCUT2D eigenvalue weighted by atomic mass is 16.6. The van der Waals surface area contributed by atoms with E-state index >= 15 is 0 Å². The Labute approximate surface area is 165 Å². The predicted octanol–water partition coefficient (Wildman–Crippen LogP) is 5.43. The molecule has 5 heteroatoms. The monoisotopic (exact) mass is 378 g/mol. The first-order valence-corrected chi connectivity index (χ1v) is 9.91. The van der Waals surface area contributed by atoms with E-state index in [0.29, 0.717) is 0 Å². The Morgan fingerprint density at radius 2 is 1.71 bits per heavy atom. The minimum absolute atomic E-state index is 0.0998. The normalized spacial score (nSPS) is 19.6. The number of methoxy groups -OCH3 is 1. The molecule has 1 heterocycles. The van der Waals surface area contributed by atoms with Gasteiger partial charge in [0.05, 0.1) is 23.3 Å². The van der Waals surface area contributed by atoms with E-state index in [1.165, 1.54) is 24.8 Å². The average Bonchev–Trinajstić information content (AvgIpc) is 2.71. The molecule has 0 radical (unpaired) electrons. The number of ether oxygens (including phenoxy) is 1. The summed E-state index contributed by atoms with van der Waals surface area (Å²) in [5, 5.41) is 11.0. The van der Waals surface area contributed by atoms with Crippen molar-refractivity contribution in [3.8, 4) is 5.75 Å². The first-order valence-electron chi connectivity index (χ1n) is 9.91. The Morgan fingerprint density at radius 3 is 2.32 bits per heavy atom. The molecule has 0 amide bonds. The van der Waals surface area contributed by atoms with Gasteiger partial charge in [0.2, 0.25) is 0 Å². The molecule has 0 aromatic heterocycles. The van der Waals surface area contributed by atoms with Crippen molar-refractivity contribution in [2.75, 3.05) is 7.11 Å². The summed E-state index contributed by atoms with van der Waals surface area (Å²) >= 11 is 0. The molecule has 2 aliphatic rings. The Bertz CT molecular complexity index is 939. The Kier molecular flexibility index (Phi) is 4.48. The van der Waals surface area contributed by atoms with Crippen LogP contribution in [0.1, 0.15) is 62.6 Å². The van der Waals surface area contributed by atoms with Crippen LogP contribution in [0.25, 0.3) is 0 Å². The van der Waals surface area contributed by atoms with E-state index in [2.05, 4.69) is 26.0 Å². The van der Waals surface area contributed by atoms with Gasteiger partial charge < -0.3 is 4.74 Å². The Balaban J connectivity index is 1.92. The third-order valence-electron chi connectivity index (χ3n) is 6.68. The number of aliphatic imine (C=N–C) groups is 1. The van der Waals surface area contributed by atoms with Crippen LogP contribution in [0.15, 0.2) is 47.5 Å². The summed E-state index contributed by atoms with van der Waals surface area (Å²) in [7, 11) is 1.69. The van der Waals surface area contributed by atoms with E-state index in [-0.39, 0.29) is 21.6 Å². The van der Waals surface area contributed by atoms with Gasteiger partial charge >= 0.3 is 0 Å². The fraction of sp³-hybridized carbons (Fsp3) is 0.435. The van der Waals surface area contributed by atoms with Gasteiger partial charge in [-0.3, -0.25) is 15.1 Å². The maximum absolute atomic E-state index is 11.0. The molecule has 0 bridgehead atoms. The van der Waals surface area contributed by atoms with Crippen molar-refractivity contribution in [1.29, 1.82) is 0 Å². The Hall–Kier alpha value is -2.69. The lowest BCUT2D eigenvalue weighted by Gasteiger charge is -2.50. The lowest BCUT2D eigenvalue weighted by atomic mass is 9.59. The number of benzene rings is 2. The van der Waals surface area contributed by atoms with Crippen LogP contribution in [0.5, 0.6) is 5.75 Å². The molecule has 28 heavy (non-hydrogen) atoms. The van der Waals surface area contributed by atoms with Gasteiger partial charge in [0.25, 0.3) is 5.69 Å². The van der Waals surface area contributed by atoms with Gasteiger partial charge in [-0.1, -0.05) is 33.1 Å². The van der Waals surface area contributed by atoms with Crippen LogP contribution in [0.2, 0.25) is 0 Å². The van der Waals surface area contributed by atoms with Crippen molar-refractivity contribution in [3.63, 3.8) is 0 Å². The fourth-order valence-corrected chi connectivity index (χ4v) is 4.87. The lowest BCUT2D eigenvalue weighted by molar-refractivity contribution is -0.384. The maximum Gasteiger partial charge on any atom is 0.269 e. The third-order valence-corrected chi connectivity index (χ3v) is 6.68. The highest BCUT2D eigenvalue weighted by Crippen LogP contribution is 2.51. The van der Waals surface area contributed by atoms with Crippen LogP contribution in [0, 0.1) is 10.1 Å². The molecule has 0 saturated heterocycles.